The van der Waals surface area contributed by atoms with Gasteiger partial charge < -0.3 is 10.6 Å². The Hall–Kier alpha value is -1.35. The van der Waals surface area contributed by atoms with Crippen LogP contribution in [0.25, 0.3) is 0 Å². The smallest absolute Gasteiger partial charge is 0.244 e. The van der Waals surface area contributed by atoms with Crippen LogP contribution >= 0.6 is 0 Å². The van der Waals surface area contributed by atoms with Gasteiger partial charge in [-0.25, -0.2) is 0 Å². The van der Waals surface area contributed by atoms with Crippen molar-refractivity contribution in [2.75, 3.05) is 6.54 Å². The summed E-state index contributed by atoms with van der Waals surface area (Å²) in [6.45, 7) is 5.14. The van der Waals surface area contributed by atoms with Crippen LogP contribution in [0.2, 0.25) is 0 Å². The average Bonchev–Trinajstić information content (AvgIpc) is 2.41. The van der Waals surface area contributed by atoms with Gasteiger partial charge in [-0.1, -0.05) is 37.3 Å². The number of hydrogen-bond acceptors (Lipinski definition) is 2. The first-order valence-corrected chi connectivity index (χ1v) is 6.70. The van der Waals surface area contributed by atoms with Gasteiger partial charge in [0.2, 0.25) is 5.91 Å². The zero-order chi connectivity index (χ0) is 13.1. The molecule has 0 aliphatic carbocycles. The van der Waals surface area contributed by atoms with Gasteiger partial charge in [0, 0.05) is 12.6 Å². The summed E-state index contributed by atoms with van der Waals surface area (Å²) in [6.07, 6.45) is 2.28. The van der Waals surface area contributed by atoms with Crippen molar-refractivity contribution >= 4 is 5.91 Å². The molecule has 0 aromatic heterocycles. The van der Waals surface area contributed by atoms with E-state index in [1.165, 1.54) is 6.42 Å². The van der Waals surface area contributed by atoms with Crippen LogP contribution < -0.4 is 5.73 Å². The van der Waals surface area contributed by atoms with Crippen molar-refractivity contribution in [3.8, 4) is 0 Å². The van der Waals surface area contributed by atoms with Gasteiger partial charge >= 0.3 is 0 Å². The third kappa shape index (κ3) is 2.72. The molecule has 1 aromatic rings. The predicted molar refractivity (Wildman–Crippen MR) is 72.9 cm³/mol. The second-order valence-corrected chi connectivity index (χ2v) is 5.41. The number of benzene rings is 1. The van der Waals surface area contributed by atoms with E-state index in [-0.39, 0.29) is 5.91 Å². The number of piperidine rings is 1. The molecule has 1 amide bonds. The molecule has 2 unspecified atom stereocenters. The molecule has 98 valence electrons. The fraction of sp³-hybridized carbons (Fsp3) is 0.533. The normalized spacial score (nSPS) is 25.8. The van der Waals surface area contributed by atoms with Crippen LogP contribution in [0.15, 0.2) is 30.3 Å². The molecule has 1 saturated heterocycles. The number of carbonyl (C=O) groups excluding carboxylic acids is 1. The standard InChI is InChI=1S/C15H22N2O/c1-11-8-9-12(2)17(10-11)15(18)14(16)13-6-4-3-5-7-13/h3-7,11-12,14H,8-10,16H2,1-2H3/t11?,12?,14-/m1/s1. The SMILES string of the molecule is CC1CCC(C)N(C(=O)[C@H](N)c2ccccc2)C1. The summed E-state index contributed by atoms with van der Waals surface area (Å²) in [6, 6.07) is 9.39. The quantitative estimate of drug-likeness (QED) is 0.870. The Morgan fingerprint density at radius 2 is 1.94 bits per heavy atom. The lowest BCUT2D eigenvalue weighted by molar-refractivity contribution is -0.137. The van der Waals surface area contributed by atoms with Crippen LogP contribution in [0, 0.1) is 5.92 Å². The Labute approximate surface area is 109 Å². The van der Waals surface area contributed by atoms with Crippen molar-refractivity contribution in [3.05, 3.63) is 35.9 Å². The van der Waals surface area contributed by atoms with Gasteiger partial charge in [-0.3, -0.25) is 4.79 Å². The van der Waals surface area contributed by atoms with Crippen molar-refractivity contribution in [2.24, 2.45) is 11.7 Å². The molecule has 0 saturated carbocycles. The highest BCUT2D eigenvalue weighted by Crippen LogP contribution is 2.24. The highest BCUT2D eigenvalue weighted by atomic mass is 16.2. The van der Waals surface area contributed by atoms with Crippen molar-refractivity contribution in [1.29, 1.82) is 0 Å². The van der Waals surface area contributed by atoms with Crippen LogP contribution in [0.3, 0.4) is 0 Å². The van der Waals surface area contributed by atoms with E-state index in [4.69, 9.17) is 5.73 Å². The van der Waals surface area contributed by atoms with Gasteiger partial charge in [-0.05, 0) is 31.2 Å². The molecule has 0 bridgehead atoms. The molecule has 2 N–H and O–H groups in total. The minimum absolute atomic E-state index is 0.0558. The summed E-state index contributed by atoms with van der Waals surface area (Å²) in [5.41, 5.74) is 6.98. The molecule has 0 radical (unpaired) electrons. The van der Waals surface area contributed by atoms with Crippen molar-refractivity contribution in [1.82, 2.24) is 4.90 Å². The fourth-order valence-corrected chi connectivity index (χ4v) is 2.58. The summed E-state index contributed by atoms with van der Waals surface area (Å²) in [4.78, 5) is 14.4. The Balaban J connectivity index is 2.10. The molecular weight excluding hydrogens is 224 g/mol. The van der Waals surface area contributed by atoms with Gasteiger partial charge in [0.05, 0.1) is 0 Å². The highest BCUT2D eigenvalue weighted by molar-refractivity contribution is 5.83. The van der Waals surface area contributed by atoms with E-state index in [0.29, 0.717) is 12.0 Å². The van der Waals surface area contributed by atoms with Crippen molar-refractivity contribution in [2.45, 2.75) is 38.8 Å². The largest absolute Gasteiger partial charge is 0.338 e. The monoisotopic (exact) mass is 246 g/mol. The van der Waals surface area contributed by atoms with Crippen LogP contribution in [0.4, 0.5) is 0 Å². The maximum Gasteiger partial charge on any atom is 0.244 e. The molecule has 2 rings (SSSR count). The molecule has 1 fully saturated rings. The fourth-order valence-electron chi connectivity index (χ4n) is 2.58. The van der Waals surface area contributed by atoms with Gasteiger partial charge in [0.25, 0.3) is 0 Å². The third-order valence-electron chi connectivity index (χ3n) is 3.83. The van der Waals surface area contributed by atoms with E-state index < -0.39 is 6.04 Å². The Bertz CT molecular complexity index is 404. The zero-order valence-corrected chi connectivity index (χ0v) is 11.2. The molecule has 18 heavy (non-hydrogen) atoms. The topological polar surface area (TPSA) is 46.3 Å². The second-order valence-electron chi connectivity index (χ2n) is 5.41. The molecule has 1 aromatic carbocycles. The summed E-state index contributed by atoms with van der Waals surface area (Å²) in [5, 5.41) is 0. The highest BCUT2D eigenvalue weighted by Gasteiger charge is 2.30. The van der Waals surface area contributed by atoms with Crippen LogP contribution in [-0.2, 0) is 4.79 Å². The first-order chi connectivity index (χ1) is 8.59. The van der Waals surface area contributed by atoms with Crippen molar-refractivity contribution < 1.29 is 4.79 Å². The Morgan fingerprint density at radius 3 is 2.61 bits per heavy atom. The number of likely N-dealkylation sites (tertiary alicyclic amines) is 1. The lowest BCUT2D eigenvalue weighted by Crippen LogP contribution is -2.48. The zero-order valence-electron chi connectivity index (χ0n) is 11.2. The van der Waals surface area contributed by atoms with E-state index in [1.807, 2.05) is 35.2 Å². The second kappa shape index (κ2) is 5.53. The van der Waals surface area contributed by atoms with E-state index in [1.54, 1.807) is 0 Å². The number of hydrogen-bond donors (Lipinski definition) is 1. The minimum Gasteiger partial charge on any atom is -0.338 e. The van der Waals surface area contributed by atoms with E-state index in [9.17, 15) is 4.79 Å². The molecule has 3 atom stereocenters. The van der Waals surface area contributed by atoms with Crippen LogP contribution in [0.1, 0.15) is 38.3 Å². The molecule has 1 aliphatic heterocycles. The van der Waals surface area contributed by atoms with Crippen molar-refractivity contribution in [3.63, 3.8) is 0 Å². The van der Waals surface area contributed by atoms with Crippen LogP contribution in [-0.4, -0.2) is 23.4 Å². The molecule has 1 aliphatic rings. The maximum absolute atomic E-state index is 12.5. The lowest BCUT2D eigenvalue weighted by Gasteiger charge is -2.38. The van der Waals surface area contributed by atoms with Gasteiger partial charge in [-0.2, -0.15) is 0 Å². The third-order valence-corrected chi connectivity index (χ3v) is 3.83. The van der Waals surface area contributed by atoms with Gasteiger partial charge in [0.15, 0.2) is 0 Å². The predicted octanol–water partition coefficient (Wildman–Crippen LogP) is 2.33. The number of nitrogens with zero attached hydrogens (tertiary/aromatic N) is 1. The summed E-state index contributed by atoms with van der Waals surface area (Å²) >= 11 is 0. The summed E-state index contributed by atoms with van der Waals surface area (Å²) < 4.78 is 0. The number of carbonyl (C=O) groups is 1. The molecule has 0 spiro atoms. The van der Waals surface area contributed by atoms with Gasteiger partial charge in [-0.15, -0.1) is 0 Å². The number of nitrogens with two attached hydrogens (primary N) is 1. The minimum atomic E-state index is -0.529. The number of rotatable bonds is 2. The Kier molecular flexibility index (Phi) is 4.02. The summed E-state index contributed by atoms with van der Waals surface area (Å²) in [7, 11) is 0. The average molecular weight is 246 g/mol. The van der Waals surface area contributed by atoms with Gasteiger partial charge in [0.1, 0.15) is 6.04 Å². The molecular formula is C15H22N2O. The summed E-state index contributed by atoms with van der Waals surface area (Å²) in [5.74, 6) is 0.633. The molecule has 3 heteroatoms. The van der Waals surface area contributed by atoms with E-state index >= 15 is 0 Å². The number of amides is 1. The van der Waals surface area contributed by atoms with E-state index in [0.717, 1.165) is 18.5 Å². The molecule has 1 heterocycles. The molecule has 3 nitrogen and oxygen atoms in total. The van der Waals surface area contributed by atoms with Crippen LogP contribution in [0.5, 0.6) is 0 Å². The van der Waals surface area contributed by atoms with E-state index in [2.05, 4.69) is 13.8 Å². The lowest BCUT2D eigenvalue weighted by atomic mass is 9.93. The maximum atomic E-state index is 12.5. The first-order valence-electron chi connectivity index (χ1n) is 6.70. The first kappa shape index (κ1) is 13.1. The Morgan fingerprint density at radius 1 is 1.28 bits per heavy atom.